The molecule has 0 radical (unpaired) electrons. The number of aromatic nitrogens is 4. The quantitative estimate of drug-likeness (QED) is 0.405. The summed E-state index contributed by atoms with van der Waals surface area (Å²) < 4.78 is 10.7. The molecule has 0 spiro atoms. The van der Waals surface area contributed by atoms with Gasteiger partial charge in [0.15, 0.2) is 5.65 Å². The standard InChI is InChI=1S/C24H24ClN7O2/c1-15-10-22(30-24(27-15)28-16-11-17(33-2)13-18(12-16)34-3)32-9-8-31(14-32)20-6-7-26-23-19(20)4-5-21(25)29-23/h4-7,10-13H,8-9,14H2,1-3H3,(H,27,28,30). The van der Waals surface area contributed by atoms with Crippen LogP contribution in [0.1, 0.15) is 5.69 Å². The topological polar surface area (TPSA) is 88.5 Å². The number of fused-ring (bicyclic) bond motifs is 1. The number of nitrogens with one attached hydrogen (secondary N) is 1. The molecule has 0 aliphatic carbocycles. The van der Waals surface area contributed by atoms with E-state index in [9.17, 15) is 0 Å². The van der Waals surface area contributed by atoms with E-state index in [1.165, 1.54) is 0 Å². The highest BCUT2D eigenvalue weighted by Gasteiger charge is 2.24. The minimum Gasteiger partial charge on any atom is -0.497 e. The van der Waals surface area contributed by atoms with Crippen molar-refractivity contribution in [1.82, 2.24) is 19.9 Å². The van der Waals surface area contributed by atoms with E-state index >= 15 is 0 Å². The predicted octanol–water partition coefficient (Wildman–Crippen LogP) is 4.43. The van der Waals surface area contributed by atoms with Gasteiger partial charge in [0.1, 0.15) is 22.5 Å². The highest BCUT2D eigenvalue weighted by Crippen LogP contribution is 2.30. The lowest BCUT2D eigenvalue weighted by molar-refractivity contribution is 0.395. The van der Waals surface area contributed by atoms with Gasteiger partial charge in [0.05, 0.1) is 26.6 Å². The molecule has 1 aromatic carbocycles. The van der Waals surface area contributed by atoms with Gasteiger partial charge in [-0.15, -0.1) is 0 Å². The molecule has 0 amide bonds. The summed E-state index contributed by atoms with van der Waals surface area (Å²) in [6.45, 7) is 4.32. The van der Waals surface area contributed by atoms with Crippen molar-refractivity contribution < 1.29 is 9.47 Å². The first-order valence-electron chi connectivity index (χ1n) is 10.8. The number of ether oxygens (including phenoxy) is 2. The monoisotopic (exact) mass is 477 g/mol. The Bertz CT molecular complexity index is 1330. The van der Waals surface area contributed by atoms with Crippen molar-refractivity contribution in [2.45, 2.75) is 6.92 Å². The molecule has 0 atom stereocenters. The zero-order valence-corrected chi connectivity index (χ0v) is 19.9. The number of halogens is 1. The van der Waals surface area contributed by atoms with E-state index in [1.54, 1.807) is 26.5 Å². The largest absolute Gasteiger partial charge is 0.497 e. The molecule has 0 unspecified atom stereocenters. The summed E-state index contributed by atoms with van der Waals surface area (Å²) in [7, 11) is 3.24. The molecular weight excluding hydrogens is 454 g/mol. The molecule has 1 aliphatic rings. The molecule has 4 heterocycles. The molecule has 3 aromatic heterocycles. The molecule has 9 nitrogen and oxygen atoms in total. The van der Waals surface area contributed by atoms with Crippen molar-refractivity contribution in [3.8, 4) is 11.5 Å². The zero-order chi connectivity index (χ0) is 23.7. The average Bonchev–Trinajstić information content (AvgIpc) is 3.33. The second-order valence-corrected chi connectivity index (χ2v) is 8.31. The van der Waals surface area contributed by atoms with Crippen molar-refractivity contribution in [2.24, 2.45) is 0 Å². The normalized spacial score (nSPS) is 13.4. The first-order chi connectivity index (χ1) is 16.5. The summed E-state index contributed by atoms with van der Waals surface area (Å²) in [5.74, 6) is 2.74. The van der Waals surface area contributed by atoms with Gasteiger partial charge >= 0.3 is 0 Å². The molecule has 1 saturated heterocycles. The summed E-state index contributed by atoms with van der Waals surface area (Å²) >= 11 is 6.05. The Hall–Kier alpha value is -3.85. The van der Waals surface area contributed by atoms with E-state index in [1.807, 2.05) is 43.3 Å². The minimum absolute atomic E-state index is 0.436. The van der Waals surface area contributed by atoms with Crippen LogP contribution in [0.4, 0.5) is 23.1 Å². The van der Waals surface area contributed by atoms with Gasteiger partial charge in [-0.25, -0.2) is 15.0 Å². The Morgan fingerprint density at radius 1 is 0.912 bits per heavy atom. The number of pyridine rings is 2. The lowest BCUT2D eigenvalue weighted by atomic mass is 10.2. The van der Waals surface area contributed by atoms with Crippen LogP contribution in [0.3, 0.4) is 0 Å². The fraction of sp³-hybridized carbons (Fsp3) is 0.250. The minimum atomic E-state index is 0.436. The third-order valence-corrected chi connectivity index (χ3v) is 5.85. The van der Waals surface area contributed by atoms with Crippen LogP contribution in [-0.4, -0.2) is 53.9 Å². The summed E-state index contributed by atoms with van der Waals surface area (Å²) in [6, 6.07) is 13.3. The van der Waals surface area contributed by atoms with Crippen LogP contribution in [0.25, 0.3) is 11.0 Å². The lowest BCUT2D eigenvalue weighted by Gasteiger charge is -2.22. The van der Waals surface area contributed by atoms with Crippen LogP contribution >= 0.6 is 11.6 Å². The van der Waals surface area contributed by atoms with Crippen molar-refractivity contribution >= 4 is 45.8 Å². The molecule has 0 saturated carbocycles. The van der Waals surface area contributed by atoms with Gasteiger partial charge in [-0.05, 0) is 25.1 Å². The number of benzene rings is 1. The molecular formula is C24H24ClN7O2. The predicted molar refractivity (Wildman–Crippen MR) is 134 cm³/mol. The fourth-order valence-corrected chi connectivity index (χ4v) is 4.16. The lowest BCUT2D eigenvalue weighted by Crippen LogP contribution is -2.26. The highest BCUT2D eigenvalue weighted by atomic mass is 35.5. The first kappa shape index (κ1) is 22.0. The van der Waals surface area contributed by atoms with Crippen LogP contribution in [-0.2, 0) is 0 Å². The maximum Gasteiger partial charge on any atom is 0.229 e. The molecule has 174 valence electrons. The SMILES string of the molecule is COc1cc(Nc2nc(C)cc(N3CCN(c4ccnc5nc(Cl)ccc45)C3)n2)cc(OC)c1. The Morgan fingerprint density at radius 3 is 2.44 bits per heavy atom. The highest BCUT2D eigenvalue weighted by molar-refractivity contribution is 6.29. The molecule has 1 N–H and O–H groups in total. The van der Waals surface area contributed by atoms with Crippen molar-refractivity contribution in [1.29, 1.82) is 0 Å². The number of anilines is 4. The van der Waals surface area contributed by atoms with Gasteiger partial charge in [0.25, 0.3) is 0 Å². The van der Waals surface area contributed by atoms with Gasteiger partial charge in [0, 0.05) is 60.3 Å². The van der Waals surface area contributed by atoms with E-state index in [0.717, 1.165) is 41.4 Å². The van der Waals surface area contributed by atoms with Gasteiger partial charge in [-0.1, -0.05) is 11.6 Å². The maximum atomic E-state index is 6.05. The van der Waals surface area contributed by atoms with Gasteiger partial charge in [-0.2, -0.15) is 4.98 Å². The average molecular weight is 478 g/mol. The smallest absolute Gasteiger partial charge is 0.229 e. The van der Waals surface area contributed by atoms with Crippen molar-refractivity contribution in [2.75, 3.05) is 49.1 Å². The molecule has 0 bridgehead atoms. The number of methoxy groups -OCH3 is 2. The van der Waals surface area contributed by atoms with E-state index in [-0.39, 0.29) is 0 Å². The number of hydrogen-bond acceptors (Lipinski definition) is 9. The number of hydrogen-bond donors (Lipinski definition) is 1. The van der Waals surface area contributed by atoms with Crippen molar-refractivity contribution in [3.63, 3.8) is 0 Å². The first-order valence-corrected chi connectivity index (χ1v) is 11.2. The molecule has 10 heteroatoms. The number of rotatable bonds is 6. The Labute approximate surface area is 202 Å². The molecule has 34 heavy (non-hydrogen) atoms. The van der Waals surface area contributed by atoms with E-state index < -0.39 is 0 Å². The van der Waals surface area contributed by atoms with Gasteiger partial charge in [-0.3, -0.25) is 0 Å². The molecule has 5 rings (SSSR count). The number of nitrogens with zero attached hydrogens (tertiary/aromatic N) is 6. The Morgan fingerprint density at radius 2 is 1.68 bits per heavy atom. The molecule has 1 aliphatic heterocycles. The Balaban J connectivity index is 1.39. The second kappa shape index (κ2) is 9.18. The summed E-state index contributed by atoms with van der Waals surface area (Å²) in [5, 5.41) is 4.69. The third-order valence-electron chi connectivity index (χ3n) is 5.64. The van der Waals surface area contributed by atoms with Crippen LogP contribution < -0.4 is 24.6 Å². The zero-order valence-electron chi connectivity index (χ0n) is 19.1. The van der Waals surface area contributed by atoms with Crippen molar-refractivity contribution in [3.05, 3.63) is 59.5 Å². The van der Waals surface area contributed by atoms with Crippen LogP contribution in [0.5, 0.6) is 11.5 Å². The fourth-order valence-electron chi connectivity index (χ4n) is 4.02. The summed E-state index contributed by atoms with van der Waals surface area (Å²) in [4.78, 5) is 22.6. The Kier molecular flexibility index (Phi) is 5.93. The van der Waals surface area contributed by atoms with E-state index in [4.69, 9.17) is 26.1 Å². The van der Waals surface area contributed by atoms with Crippen LogP contribution in [0.2, 0.25) is 5.15 Å². The van der Waals surface area contributed by atoms with E-state index in [0.29, 0.717) is 34.9 Å². The van der Waals surface area contributed by atoms with Gasteiger partial charge in [0.2, 0.25) is 5.95 Å². The van der Waals surface area contributed by atoms with Crippen LogP contribution in [0.15, 0.2) is 48.7 Å². The van der Waals surface area contributed by atoms with Gasteiger partial charge < -0.3 is 24.6 Å². The number of aryl methyl sites for hydroxylation is 1. The molecule has 1 fully saturated rings. The molecule has 4 aromatic rings. The maximum absolute atomic E-state index is 6.05. The second-order valence-electron chi connectivity index (χ2n) is 7.92. The summed E-state index contributed by atoms with van der Waals surface area (Å²) in [5.41, 5.74) is 3.37. The van der Waals surface area contributed by atoms with E-state index in [2.05, 4.69) is 30.1 Å². The van der Waals surface area contributed by atoms with Crippen LogP contribution in [0, 0.1) is 6.92 Å². The summed E-state index contributed by atoms with van der Waals surface area (Å²) in [6.07, 6.45) is 1.77. The third kappa shape index (κ3) is 4.47.